The monoisotopic (exact) mass is 436 g/mol. The zero-order valence-corrected chi connectivity index (χ0v) is 17.9. The van der Waals surface area contributed by atoms with Crippen molar-refractivity contribution in [3.8, 4) is 17.2 Å². The van der Waals surface area contributed by atoms with Crippen molar-refractivity contribution in [2.45, 2.75) is 0 Å². The standard InChI is InChI=1S/C23H24N4O5/c1-30-19-13-12-16(20(31-2)21(19)32-3)22(28)25-14-8-10-15(11-9-14)26-23(29)27-18-7-5-4-6-17(18)24/h4-13H,24H2,1-3H3,(H,25,28)(H2,26,27,29). The van der Waals surface area contributed by atoms with Crippen LogP contribution in [0.5, 0.6) is 17.2 Å². The Hall–Kier alpha value is -4.40. The average molecular weight is 436 g/mol. The summed E-state index contributed by atoms with van der Waals surface area (Å²) in [6, 6.07) is 16.4. The number of anilines is 4. The number of nitrogen functional groups attached to an aromatic ring is 1. The molecule has 0 bridgehead atoms. The molecule has 0 unspecified atom stereocenters. The molecule has 0 saturated carbocycles. The number of amides is 3. The van der Waals surface area contributed by atoms with Crippen LogP contribution in [0.15, 0.2) is 60.7 Å². The smallest absolute Gasteiger partial charge is 0.323 e. The summed E-state index contributed by atoms with van der Waals surface area (Å²) in [5, 5.41) is 8.18. The van der Waals surface area contributed by atoms with E-state index in [4.69, 9.17) is 19.9 Å². The summed E-state index contributed by atoms with van der Waals surface area (Å²) in [6.07, 6.45) is 0. The number of hydrogen-bond donors (Lipinski definition) is 4. The Morgan fingerprint density at radius 3 is 1.94 bits per heavy atom. The van der Waals surface area contributed by atoms with Gasteiger partial charge in [-0.25, -0.2) is 4.79 Å². The Morgan fingerprint density at radius 1 is 0.719 bits per heavy atom. The second-order valence-electron chi connectivity index (χ2n) is 6.58. The van der Waals surface area contributed by atoms with Crippen LogP contribution >= 0.6 is 0 Å². The fourth-order valence-electron chi connectivity index (χ4n) is 3.01. The molecule has 0 aromatic heterocycles. The van der Waals surface area contributed by atoms with Crippen LogP contribution in [0.4, 0.5) is 27.5 Å². The lowest BCUT2D eigenvalue weighted by Gasteiger charge is -2.15. The first-order chi connectivity index (χ1) is 15.5. The van der Waals surface area contributed by atoms with Gasteiger partial charge in [0.1, 0.15) is 0 Å². The van der Waals surface area contributed by atoms with Crippen LogP contribution < -0.4 is 35.9 Å². The summed E-state index contributed by atoms with van der Waals surface area (Å²) in [6.45, 7) is 0. The fourth-order valence-corrected chi connectivity index (χ4v) is 3.01. The van der Waals surface area contributed by atoms with E-state index in [2.05, 4.69) is 16.0 Å². The summed E-state index contributed by atoms with van der Waals surface area (Å²) < 4.78 is 15.9. The largest absolute Gasteiger partial charge is 0.493 e. The molecule has 3 amide bonds. The lowest BCUT2D eigenvalue weighted by Crippen LogP contribution is -2.20. The Bertz CT molecular complexity index is 1120. The molecule has 0 fully saturated rings. The molecule has 0 saturated heterocycles. The van der Waals surface area contributed by atoms with Crippen LogP contribution in [0, 0.1) is 0 Å². The van der Waals surface area contributed by atoms with Crippen molar-refractivity contribution in [2.75, 3.05) is 43.0 Å². The van der Waals surface area contributed by atoms with Crippen molar-refractivity contribution in [1.29, 1.82) is 0 Å². The van der Waals surface area contributed by atoms with E-state index in [-0.39, 0.29) is 17.2 Å². The molecule has 9 nitrogen and oxygen atoms in total. The van der Waals surface area contributed by atoms with Gasteiger partial charge in [-0.3, -0.25) is 4.79 Å². The van der Waals surface area contributed by atoms with Crippen molar-refractivity contribution in [3.05, 3.63) is 66.2 Å². The molecule has 3 aromatic rings. The van der Waals surface area contributed by atoms with E-state index in [0.717, 1.165) is 0 Å². The highest BCUT2D eigenvalue weighted by Gasteiger charge is 2.20. The molecule has 0 heterocycles. The number of benzene rings is 3. The average Bonchev–Trinajstić information content (AvgIpc) is 2.80. The number of carbonyl (C=O) groups is 2. The van der Waals surface area contributed by atoms with Gasteiger partial charge >= 0.3 is 6.03 Å². The molecule has 3 rings (SSSR count). The second kappa shape index (κ2) is 10.1. The van der Waals surface area contributed by atoms with Crippen LogP contribution in [0.2, 0.25) is 0 Å². The zero-order valence-electron chi connectivity index (χ0n) is 17.9. The first-order valence-electron chi connectivity index (χ1n) is 9.59. The molecule has 0 spiro atoms. The molecule has 0 aliphatic rings. The molecule has 0 aliphatic heterocycles. The lowest BCUT2D eigenvalue weighted by atomic mass is 10.1. The number of nitrogens with one attached hydrogen (secondary N) is 3. The van der Waals surface area contributed by atoms with Gasteiger partial charge in [-0.05, 0) is 48.5 Å². The third-order valence-corrected chi connectivity index (χ3v) is 4.56. The molecular weight excluding hydrogens is 412 g/mol. The van der Waals surface area contributed by atoms with Gasteiger partial charge < -0.3 is 35.9 Å². The van der Waals surface area contributed by atoms with E-state index in [1.807, 2.05) is 0 Å². The summed E-state index contributed by atoms with van der Waals surface area (Å²) >= 11 is 0. The Kier molecular flexibility index (Phi) is 7.02. The minimum atomic E-state index is -0.435. The van der Waals surface area contributed by atoms with Gasteiger partial charge in [-0.1, -0.05) is 12.1 Å². The summed E-state index contributed by atoms with van der Waals surface area (Å²) in [4.78, 5) is 25.0. The number of urea groups is 1. The second-order valence-corrected chi connectivity index (χ2v) is 6.58. The first kappa shape index (κ1) is 22.3. The van der Waals surface area contributed by atoms with Crippen molar-refractivity contribution < 1.29 is 23.8 Å². The third kappa shape index (κ3) is 5.01. The summed E-state index contributed by atoms with van der Waals surface area (Å²) in [7, 11) is 4.42. The maximum absolute atomic E-state index is 12.8. The van der Waals surface area contributed by atoms with E-state index < -0.39 is 6.03 Å². The van der Waals surface area contributed by atoms with Gasteiger partial charge in [0, 0.05) is 11.4 Å². The van der Waals surface area contributed by atoms with Gasteiger partial charge in [0.25, 0.3) is 5.91 Å². The highest BCUT2D eigenvalue weighted by molar-refractivity contribution is 6.07. The maximum atomic E-state index is 12.8. The van der Waals surface area contributed by atoms with Crippen molar-refractivity contribution in [1.82, 2.24) is 0 Å². The number of hydrogen-bond acceptors (Lipinski definition) is 6. The molecule has 9 heteroatoms. The van der Waals surface area contributed by atoms with Gasteiger partial charge in [-0.15, -0.1) is 0 Å². The van der Waals surface area contributed by atoms with E-state index in [9.17, 15) is 9.59 Å². The van der Waals surface area contributed by atoms with Gasteiger partial charge in [-0.2, -0.15) is 0 Å². The zero-order chi connectivity index (χ0) is 23.1. The summed E-state index contributed by atoms with van der Waals surface area (Å²) in [5.41, 5.74) is 8.16. The topological polar surface area (TPSA) is 124 Å². The Balaban J connectivity index is 1.67. The molecule has 166 valence electrons. The van der Waals surface area contributed by atoms with Crippen LogP contribution in [-0.4, -0.2) is 33.3 Å². The van der Waals surface area contributed by atoms with E-state index in [1.54, 1.807) is 60.7 Å². The van der Waals surface area contributed by atoms with Crippen molar-refractivity contribution >= 4 is 34.7 Å². The number of nitrogens with two attached hydrogens (primary N) is 1. The van der Waals surface area contributed by atoms with E-state index >= 15 is 0 Å². The molecule has 32 heavy (non-hydrogen) atoms. The SMILES string of the molecule is COc1ccc(C(=O)Nc2ccc(NC(=O)Nc3ccccc3N)cc2)c(OC)c1OC. The molecule has 0 atom stereocenters. The predicted octanol–water partition coefficient (Wildman–Crippen LogP) is 4.19. The Morgan fingerprint density at radius 2 is 1.34 bits per heavy atom. The van der Waals surface area contributed by atoms with Crippen molar-refractivity contribution in [3.63, 3.8) is 0 Å². The molecular formula is C23H24N4O5. The van der Waals surface area contributed by atoms with Crippen LogP contribution in [0.25, 0.3) is 0 Å². The normalized spacial score (nSPS) is 10.1. The minimum absolute atomic E-state index is 0.263. The first-order valence-corrected chi connectivity index (χ1v) is 9.59. The number of ether oxygens (including phenoxy) is 3. The molecule has 5 N–H and O–H groups in total. The number of carbonyl (C=O) groups excluding carboxylic acids is 2. The highest BCUT2D eigenvalue weighted by Crippen LogP contribution is 2.40. The third-order valence-electron chi connectivity index (χ3n) is 4.56. The maximum Gasteiger partial charge on any atom is 0.323 e. The van der Waals surface area contributed by atoms with Crippen LogP contribution in [0.3, 0.4) is 0 Å². The quantitative estimate of drug-likeness (QED) is 0.412. The molecule has 3 aromatic carbocycles. The van der Waals surface area contributed by atoms with Crippen LogP contribution in [0.1, 0.15) is 10.4 Å². The van der Waals surface area contributed by atoms with Crippen LogP contribution in [-0.2, 0) is 0 Å². The highest BCUT2D eigenvalue weighted by atomic mass is 16.5. The predicted molar refractivity (Wildman–Crippen MR) is 124 cm³/mol. The molecule has 0 radical (unpaired) electrons. The Labute approximate surface area is 185 Å². The summed E-state index contributed by atoms with van der Waals surface area (Å²) in [5.74, 6) is 0.652. The lowest BCUT2D eigenvalue weighted by molar-refractivity contribution is 0.102. The number of methoxy groups -OCH3 is 3. The van der Waals surface area contributed by atoms with Gasteiger partial charge in [0.15, 0.2) is 11.5 Å². The van der Waals surface area contributed by atoms with E-state index in [1.165, 1.54) is 21.3 Å². The van der Waals surface area contributed by atoms with Gasteiger partial charge in [0.05, 0.1) is 38.3 Å². The van der Waals surface area contributed by atoms with Gasteiger partial charge in [0.2, 0.25) is 5.75 Å². The minimum Gasteiger partial charge on any atom is -0.493 e. The fraction of sp³-hybridized carbons (Fsp3) is 0.130. The number of para-hydroxylation sites is 2. The van der Waals surface area contributed by atoms with E-state index in [0.29, 0.717) is 34.2 Å². The van der Waals surface area contributed by atoms with Crippen molar-refractivity contribution in [2.24, 2.45) is 0 Å². The number of rotatable bonds is 7. The molecule has 0 aliphatic carbocycles.